The molecular formula is C18H27IN4O2S. The van der Waals surface area contributed by atoms with Crippen molar-refractivity contribution in [1.29, 1.82) is 0 Å². The van der Waals surface area contributed by atoms with Crippen molar-refractivity contribution in [1.82, 2.24) is 10.3 Å². The lowest BCUT2D eigenvalue weighted by atomic mass is 10.2. The Morgan fingerprint density at radius 1 is 1.27 bits per heavy atom. The van der Waals surface area contributed by atoms with E-state index in [1.807, 2.05) is 39.0 Å². The zero-order valence-electron chi connectivity index (χ0n) is 15.7. The average Bonchev–Trinajstić information content (AvgIpc) is 3.02. The third-order valence-corrected chi connectivity index (χ3v) is 4.20. The van der Waals surface area contributed by atoms with Gasteiger partial charge in [0, 0.05) is 36.6 Å². The monoisotopic (exact) mass is 490 g/mol. The van der Waals surface area contributed by atoms with E-state index in [1.54, 1.807) is 18.4 Å². The van der Waals surface area contributed by atoms with Gasteiger partial charge in [-0.3, -0.25) is 4.99 Å². The van der Waals surface area contributed by atoms with Crippen molar-refractivity contribution < 1.29 is 9.47 Å². The van der Waals surface area contributed by atoms with Gasteiger partial charge in [0.15, 0.2) is 17.5 Å². The number of thiazole rings is 1. The summed E-state index contributed by atoms with van der Waals surface area (Å²) in [5.41, 5.74) is 1.98. The predicted molar refractivity (Wildman–Crippen MR) is 120 cm³/mol. The summed E-state index contributed by atoms with van der Waals surface area (Å²) in [4.78, 5) is 9.08. The number of anilines is 1. The van der Waals surface area contributed by atoms with Crippen LogP contribution in [0.25, 0.3) is 0 Å². The Bertz CT molecular complexity index is 706. The summed E-state index contributed by atoms with van der Waals surface area (Å²) in [5.74, 6) is 2.16. The Kier molecular flexibility index (Phi) is 10.3. The van der Waals surface area contributed by atoms with Crippen molar-refractivity contribution >= 4 is 47.0 Å². The summed E-state index contributed by atoms with van der Waals surface area (Å²) in [6.45, 7) is 8.07. The fourth-order valence-corrected chi connectivity index (χ4v) is 2.92. The first-order valence-corrected chi connectivity index (χ1v) is 9.31. The molecule has 0 unspecified atom stereocenters. The maximum absolute atomic E-state index is 5.55. The first-order valence-electron chi connectivity index (χ1n) is 8.43. The Balaban J connectivity index is 0.00000338. The van der Waals surface area contributed by atoms with Gasteiger partial charge in [-0.05, 0) is 32.9 Å². The summed E-state index contributed by atoms with van der Waals surface area (Å²) in [5, 5.41) is 9.72. The number of nitrogens with zero attached hydrogens (tertiary/aromatic N) is 2. The second-order valence-electron chi connectivity index (χ2n) is 5.29. The van der Waals surface area contributed by atoms with Gasteiger partial charge in [0.1, 0.15) is 0 Å². The zero-order chi connectivity index (χ0) is 18.1. The van der Waals surface area contributed by atoms with Crippen molar-refractivity contribution in [2.75, 3.05) is 32.1 Å². The van der Waals surface area contributed by atoms with E-state index in [-0.39, 0.29) is 24.0 Å². The van der Waals surface area contributed by atoms with Crippen LogP contribution in [0.3, 0.4) is 0 Å². The first-order chi connectivity index (χ1) is 12.2. The maximum atomic E-state index is 5.55. The first kappa shape index (κ1) is 22.5. The number of hydrogen-bond acceptors (Lipinski definition) is 5. The van der Waals surface area contributed by atoms with Gasteiger partial charge in [-0.2, -0.15) is 0 Å². The van der Waals surface area contributed by atoms with E-state index in [1.165, 1.54) is 0 Å². The van der Waals surface area contributed by atoms with E-state index in [0.29, 0.717) is 18.9 Å². The molecule has 2 aromatic rings. The van der Waals surface area contributed by atoms with E-state index in [2.05, 4.69) is 26.0 Å². The van der Waals surface area contributed by atoms with Crippen LogP contribution >= 0.6 is 35.3 Å². The molecule has 2 N–H and O–H groups in total. The summed E-state index contributed by atoms with van der Waals surface area (Å²) in [6, 6.07) is 5.75. The molecule has 0 saturated heterocycles. The van der Waals surface area contributed by atoms with E-state index in [9.17, 15) is 0 Å². The van der Waals surface area contributed by atoms with Crippen LogP contribution in [0, 0.1) is 6.92 Å². The SMILES string of the molecule is CCNC(=NCCc1csc(C)n1)Nc1ccc(OCC)c(OC)c1.I. The van der Waals surface area contributed by atoms with Gasteiger partial charge in [0.2, 0.25) is 0 Å². The average molecular weight is 490 g/mol. The molecule has 0 fully saturated rings. The summed E-state index contributed by atoms with van der Waals surface area (Å²) >= 11 is 1.67. The molecule has 0 aliphatic carbocycles. The van der Waals surface area contributed by atoms with E-state index in [4.69, 9.17) is 9.47 Å². The molecule has 26 heavy (non-hydrogen) atoms. The molecule has 0 bridgehead atoms. The Labute approximate surface area is 176 Å². The molecule has 0 amide bonds. The highest BCUT2D eigenvalue weighted by Crippen LogP contribution is 2.30. The number of guanidine groups is 1. The minimum absolute atomic E-state index is 0. The lowest BCUT2D eigenvalue weighted by Gasteiger charge is -2.14. The van der Waals surface area contributed by atoms with Crippen LogP contribution in [-0.4, -0.2) is 37.7 Å². The molecule has 1 aromatic heterocycles. The highest BCUT2D eigenvalue weighted by Gasteiger charge is 2.07. The van der Waals surface area contributed by atoms with Crippen LogP contribution in [0.5, 0.6) is 11.5 Å². The van der Waals surface area contributed by atoms with Gasteiger partial charge < -0.3 is 20.1 Å². The molecule has 0 radical (unpaired) electrons. The van der Waals surface area contributed by atoms with Crippen LogP contribution in [0.1, 0.15) is 24.5 Å². The van der Waals surface area contributed by atoms with Crippen LogP contribution in [0.15, 0.2) is 28.6 Å². The number of hydrogen-bond donors (Lipinski definition) is 2. The summed E-state index contributed by atoms with van der Waals surface area (Å²) < 4.78 is 10.9. The Morgan fingerprint density at radius 3 is 2.69 bits per heavy atom. The smallest absolute Gasteiger partial charge is 0.195 e. The Hall–Kier alpha value is -1.55. The van der Waals surface area contributed by atoms with Gasteiger partial charge >= 0.3 is 0 Å². The highest BCUT2D eigenvalue weighted by molar-refractivity contribution is 14.0. The fraction of sp³-hybridized carbons (Fsp3) is 0.444. The minimum Gasteiger partial charge on any atom is -0.493 e. The number of benzene rings is 1. The van der Waals surface area contributed by atoms with Crippen molar-refractivity contribution in [2.24, 2.45) is 4.99 Å². The van der Waals surface area contributed by atoms with E-state index in [0.717, 1.165) is 41.1 Å². The molecular weight excluding hydrogens is 463 g/mol. The van der Waals surface area contributed by atoms with Gasteiger partial charge in [-0.1, -0.05) is 0 Å². The third-order valence-electron chi connectivity index (χ3n) is 3.37. The van der Waals surface area contributed by atoms with E-state index < -0.39 is 0 Å². The number of nitrogens with one attached hydrogen (secondary N) is 2. The molecule has 6 nitrogen and oxygen atoms in total. The summed E-state index contributed by atoms with van der Waals surface area (Å²) in [7, 11) is 1.64. The van der Waals surface area contributed by atoms with Crippen LogP contribution in [0.4, 0.5) is 5.69 Å². The molecule has 0 saturated carbocycles. The lowest BCUT2D eigenvalue weighted by Crippen LogP contribution is -2.30. The van der Waals surface area contributed by atoms with Crippen LogP contribution in [0.2, 0.25) is 0 Å². The maximum Gasteiger partial charge on any atom is 0.195 e. The normalized spacial score (nSPS) is 10.8. The third kappa shape index (κ3) is 6.99. The largest absolute Gasteiger partial charge is 0.493 e. The predicted octanol–water partition coefficient (Wildman–Crippen LogP) is 4.10. The molecule has 0 aliphatic heterocycles. The van der Waals surface area contributed by atoms with Crippen molar-refractivity contribution in [3.8, 4) is 11.5 Å². The molecule has 8 heteroatoms. The quantitative estimate of drug-likeness (QED) is 0.332. The van der Waals surface area contributed by atoms with Crippen LogP contribution in [-0.2, 0) is 6.42 Å². The van der Waals surface area contributed by atoms with E-state index >= 15 is 0 Å². The molecule has 0 atom stereocenters. The van der Waals surface area contributed by atoms with Crippen molar-refractivity contribution in [3.05, 3.63) is 34.3 Å². The number of aliphatic imine (C=N–C) groups is 1. The van der Waals surface area contributed by atoms with Crippen molar-refractivity contribution in [2.45, 2.75) is 27.2 Å². The second kappa shape index (κ2) is 11.9. The zero-order valence-corrected chi connectivity index (χ0v) is 18.8. The lowest BCUT2D eigenvalue weighted by molar-refractivity contribution is 0.311. The number of rotatable bonds is 8. The Morgan fingerprint density at radius 2 is 2.08 bits per heavy atom. The number of methoxy groups -OCH3 is 1. The van der Waals surface area contributed by atoms with Crippen molar-refractivity contribution in [3.63, 3.8) is 0 Å². The van der Waals surface area contributed by atoms with Gasteiger partial charge in [-0.15, -0.1) is 35.3 Å². The fourth-order valence-electron chi connectivity index (χ4n) is 2.27. The summed E-state index contributed by atoms with van der Waals surface area (Å²) in [6.07, 6.45) is 0.827. The standard InChI is InChI=1S/C18H26N4O2S.HI/c1-5-19-18(20-10-9-15-12-25-13(3)21-15)22-14-7-8-16(24-6-2)17(11-14)23-4;/h7-8,11-12H,5-6,9-10H2,1-4H3,(H2,19,20,22);1H. The number of aryl methyl sites for hydroxylation is 1. The molecule has 1 heterocycles. The van der Waals surface area contributed by atoms with Gasteiger partial charge in [-0.25, -0.2) is 4.98 Å². The minimum atomic E-state index is 0. The number of ether oxygens (including phenoxy) is 2. The number of halogens is 1. The second-order valence-corrected chi connectivity index (χ2v) is 6.35. The highest BCUT2D eigenvalue weighted by atomic mass is 127. The number of aromatic nitrogens is 1. The van der Waals surface area contributed by atoms with Gasteiger partial charge in [0.05, 0.1) is 24.4 Å². The molecule has 2 rings (SSSR count). The molecule has 144 valence electrons. The topological polar surface area (TPSA) is 67.8 Å². The van der Waals surface area contributed by atoms with Crippen LogP contribution < -0.4 is 20.1 Å². The molecule has 0 spiro atoms. The molecule has 0 aliphatic rings. The molecule has 1 aromatic carbocycles. The van der Waals surface area contributed by atoms with Gasteiger partial charge in [0.25, 0.3) is 0 Å².